The van der Waals surface area contributed by atoms with Gasteiger partial charge < -0.3 is 5.32 Å². The van der Waals surface area contributed by atoms with Gasteiger partial charge in [0.1, 0.15) is 26.8 Å². The van der Waals surface area contributed by atoms with Crippen LogP contribution in [0.2, 0.25) is 0 Å². The molecule has 0 aliphatic rings. The van der Waals surface area contributed by atoms with Crippen LogP contribution in [0.15, 0.2) is 19.9 Å². The number of nitrogens with one attached hydrogen (secondary N) is 2. The zero-order valence-electron chi connectivity index (χ0n) is 18.1. The smallest absolute Gasteiger partial charge is 0.370 e. The second-order valence-corrected chi connectivity index (χ2v) is 14.5. The lowest BCUT2D eigenvalue weighted by molar-refractivity contribution is -0.121. The van der Waals surface area contributed by atoms with Gasteiger partial charge in [0.15, 0.2) is 5.82 Å². The van der Waals surface area contributed by atoms with Crippen molar-refractivity contribution >= 4 is 53.6 Å². The lowest BCUT2D eigenvalue weighted by atomic mass is 9.99. The Morgan fingerprint density at radius 1 is 1.26 bits per heavy atom. The summed E-state index contributed by atoms with van der Waals surface area (Å²) in [5.41, 5.74) is -0.434. The molecule has 0 bridgehead atoms. The van der Waals surface area contributed by atoms with Crippen LogP contribution in [0.3, 0.4) is 0 Å². The Bertz CT molecular complexity index is 894. The number of thiocarbonyl (C=S) groups is 1. The van der Waals surface area contributed by atoms with Crippen LogP contribution < -0.4 is 10.0 Å². The summed E-state index contributed by atoms with van der Waals surface area (Å²) in [5.74, 6) is 1.24. The molecule has 0 spiro atoms. The molecule has 0 aliphatic heterocycles. The Balaban J connectivity index is 3.65. The molecule has 1 heterocycles. The van der Waals surface area contributed by atoms with E-state index in [1.165, 1.54) is 6.92 Å². The van der Waals surface area contributed by atoms with Crippen molar-refractivity contribution in [1.29, 1.82) is 0 Å². The van der Waals surface area contributed by atoms with E-state index in [1.807, 2.05) is 25.5 Å². The molecule has 0 amide bonds. The standard InChI is InChI=1S/C18H29BrF4N4OS3/c1-6-30(7-2,8-3)13-9-14(19)27-16(15(13)20)17(4,25-12-29)11-31(28,24-5)26-10-18(21,22)23/h9,12H,6-8,10-11H2,1-5H3,(H,25,29)(H,24,26,28). The van der Waals surface area contributed by atoms with Crippen LogP contribution in [-0.2, 0) is 15.5 Å². The number of pyridine rings is 1. The van der Waals surface area contributed by atoms with Gasteiger partial charge in [-0.2, -0.15) is 13.2 Å². The summed E-state index contributed by atoms with van der Waals surface area (Å²) >= 11 is 8.22. The molecule has 0 saturated heterocycles. The van der Waals surface area contributed by atoms with E-state index in [9.17, 15) is 17.4 Å². The number of hydrogen-bond acceptors (Lipinski definition) is 4. The number of hydrogen-bond donors (Lipinski definition) is 2. The van der Waals surface area contributed by atoms with Gasteiger partial charge in [-0.1, -0.05) is 33.0 Å². The van der Waals surface area contributed by atoms with Crippen LogP contribution in [0.5, 0.6) is 0 Å². The zero-order valence-corrected chi connectivity index (χ0v) is 22.1. The van der Waals surface area contributed by atoms with Crippen molar-refractivity contribution in [1.82, 2.24) is 15.0 Å². The van der Waals surface area contributed by atoms with Gasteiger partial charge in [-0.05, 0) is 46.2 Å². The van der Waals surface area contributed by atoms with Gasteiger partial charge in [-0.25, -0.2) is 32.7 Å². The van der Waals surface area contributed by atoms with Crippen LogP contribution in [-0.4, -0.2) is 57.5 Å². The van der Waals surface area contributed by atoms with Crippen molar-refractivity contribution in [2.45, 2.75) is 44.3 Å². The van der Waals surface area contributed by atoms with E-state index in [2.05, 4.69) is 30.6 Å². The highest BCUT2D eigenvalue weighted by molar-refractivity contribution is 9.10. The van der Waals surface area contributed by atoms with Gasteiger partial charge in [-0.15, -0.1) is 0 Å². The summed E-state index contributed by atoms with van der Waals surface area (Å²) in [6, 6.07) is 1.66. The molecule has 31 heavy (non-hydrogen) atoms. The van der Waals surface area contributed by atoms with Crippen LogP contribution in [0.4, 0.5) is 17.6 Å². The minimum atomic E-state index is -4.58. The topological polar surface area (TPSA) is 66.4 Å². The lowest BCUT2D eigenvalue weighted by Gasteiger charge is -2.39. The second-order valence-electron chi connectivity index (χ2n) is 7.02. The molecule has 2 N–H and O–H groups in total. The average Bonchev–Trinajstić information content (AvgIpc) is 2.70. The SMILES string of the molecule is CCS(CC)(CC)c1cc(Br)nc(C(C)(CS(=O)(=NC)NCC(F)(F)F)NC=S)c1F. The summed E-state index contributed by atoms with van der Waals surface area (Å²) in [6.45, 7) is 6.03. The number of nitrogens with zero attached hydrogens (tertiary/aromatic N) is 2. The molecule has 1 rings (SSSR count). The first-order chi connectivity index (χ1) is 14.2. The number of rotatable bonds is 11. The summed E-state index contributed by atoms with van der Waals surface area (Å²) in [5, 5.41) is 2.78. The normalized spacial score (nSPS) is 16.8. The maximum absolute atomic E-state index is 15.9. The molecule has 1 aromatic rings. The van der Waals surface area contributed by atoms with Crippen LogP contribution in [0, 0.1) is 5.82 Å². The first-order valence-electron chi connectivity index (χ1n) is 9.54. The minimum Gasteiger partial charge on any atom is -0.370 e. The van der Waals surface area contributed by atoms with Gasteiger partial charge >= 0.3 is 6.18 Å². The average molecular weight is 570 g/mol. The molecule has 2 unspecified atom stereocenters. The summed E-state index contributed by atoms with van der Waals surface area (Å²) in [7, 11) is -3.91. The Morgan fingerprint density at radius 3 is 2.23 bits per heavy atom. The third-order valence-electron chi connectivity index (χ3n) is 5.19. The van der Waals surface area contributed by atoms with Gasteiger partial charge in [0.2, 0.25) is 0 Å². The van der Waals surface area contributed by atoms with E-state index >= 15 is 4.39 Å². The highest BCUT2D eigenvalue weighted by Crippen LogP contribution is 2.57. The molecule has 0 saturated carbocycles. The molecule has 2 atom stereocenters. The fourth-order valence-corrected chi connectivity index (χ4v) is 8.88. The third kappa shape index (κ3) is 6.99. The molecule has 0 radical (unpaired) electrons. The quantitative estimate of drug-likeness (QED) is 0.220. The summed E-state index contributed by atoms with van der Waals surface area (Å²) in [6.07, 6.45) is -4.58. The second kappa shape index (κ2) is 11.1. The number of aromatic nitrogens is 1. The molecule has 13 heteroatoms. The van der Waals surface area contributed by atoms with E-state index in [4.69, 9.17) is 12.2 Å². The number of alkyl halides is 3. The van der Waals surface area contributed by atoms with Crippen molar-refractivity contribution < 1.29 is 21.8 Å². The molecule has 180 valence electrons. The van der Waals surface area contributed by atoms with Crippen molar-refractivity contribution in [2.24, 2.45) is 4.36 Å². The van der Waals surface area contributed by atoms with E-state index < -0.39 is 49.8 Å². The monoisotopic (exact) mass is 568 g/mol. The fraction of sp³-hybridized carbons (Fsp3) is 0.667. The zero-order chi connectivity index (χ0) is 24.1. The third-order valence-corrected chi connectivity index (χ3v) is 12.4. The molecular weight excluding hydrogens is 540 g/mol. The molecule has 5 nitrogen and oxygen atoms in total. The maximum Gasteiger partial charge on any atom is 0.402 e. The van der Waals surface area contributed by atoms with Gasteiger partial charge in [-0.3, -0.25) is 0 Å². The molecule has 0 aromatic carbocycles. The van der Waals surface area contributed by atoms with Crippen molar-refractivity contribution in [3.05, 3.63) is 22.2 Å². The molecule has 1 aromatic heterocycles. The highest BCUT2D eigenvalue weighted by atomic mass is 79.9. The van der Waals surface area contributed by atoms with Gasteiger partial charge in [0, 0.05) is 11.9 Å². The Morgan fingerprint density at radius 2 is 1.81 bits per heavy atom. The van der Waals surface area contributed by atoms with Crippen molar-refractivity contribution in [3.8, 4) is 0 Å². The molecular formula is C18H29BrF4N4OS3. The number of halogens is 5. The van der Waals surface area contributed by atoms with Crippen LogP contribution in [0.25, 0.3) is 0 Å². The van der Waals surface area contributed by atoms with Gasteiger partial charge in [0.05, 0.1) is 16.8 Å². The van der Waals surface area contributed by atoms with E-state index in [1.54, 1.807) is 6.07 Å². The highest BCUT2D eigenvalue weighted by Gasteiger charge is 2.39. The maximum atomic E-state index is 15.9. The fourth-order valence-electron chi connectivity index (χ4n) is 3.31. The lowest BCUT2D eigenvalue weighted by Crippen LogP contribution is -2.49. The Hall–Kier alpha value is -0.500. The molecule has 0 aliphatic carbocycles. The Labute approximate surface area is 197 Å². The summed E-state index contributed by atoms with van der Waals surface area (Å²) < 4.78 is 73.1. The van der Waals surface area contributed by atoms with Crippen LogP contribution >= 0.6 is 38.2 Å². The predicted molar refractivity (Wildman–Crippen MR) is 129 cm³/mol. The van der Waals surface area contributed by atoms with Crippen LogP contribution in [0.1, 0.15) is 33.4 Å². The first-order valence-corrected chi connectivity index (χ1v) is 14.6. The summed E-state index contributed by atoms with van der Waals surface area (Å²) in [4.78, 5) is 4.80. The molecule has 0 fully saturated rings. The minimum absolute atomic E-state index is 0.0737. The van der Waals surface area contributed by atoms with Crippen molar-refractivity contribution in [2.75, 3.05) is 36.6 Å². The largest absolute Gasteiger partial charge is 0.402 e. The van der Waals surface area contributed by atoms with E-state index in [-0.39, 0.29) is 5.69 Å². The predicted octanol–water partition coefficient (Wildman–Crippen LogP) is 5.13. The first kappa shape index (κ1) is 28.5. The van der Waals surface area contributed by atoms with E-state index in [0.29, 0.717) is 9.50 Å². The van der Waals surface area contributed by atoms with Crippen molar-refractivity contribution in [3.63, 3.8) is 0 Å². The van der Waals surface area contributed by atoms with Gasteiger partial charge in [0.25, 0.3) is 0 Å². The Kier molecular flexibility index (Phi) is 10.2. The van der Waals surface area contributed by atoms with E-state index in [0.717, 1.165) is 29.8 Å².